The summed E-state index contributed by atoms with van der Waals surface area (Å²) < 4.78 is 6.38. The van der Waals surface area contributed by atoms with Crippen LogP contribution in [0.4, 0.5) is 0 Å². The van der Waals surface area contributed by atoms with Crippen LogP contribution in [0.3, 0.4) is 0 Å². The van der Waals surface area contributed by atoms with E-state index in [2.05, 4.69) is 15.9 Å². The second kappa shape index (κ2) is 5.53. The van der Waals surface area contributed by atoms with Crippen LogP contribution in [0.2, 0.25) is 5.02 Å². The van der Waals surface area contributed by atoms with Crippen molar-refractivity contribution in [3.8, 4) is 5.75 Å². The Morgan fingerprint density at radius 2 is 1.95 bits per heavy atom. The molecule has 2 aromatic carbocycles. The zero-order valence-corrected chi connectivity index (χ0v) is 13.1. The molecule has 0 heterocycles. The first kappa shape index (κ1) is 14.4. The molecular formula is C15H15BrClNO. The van der Waals surface area contributed by atoms with Gasteiger partial charge in [0.1, 0.15) is 5.75 Å². The van der Waals surface area contributed by atoms with E-state index in [9.17, 15) is 0 Å². The van der Waals surface area contributed by atoms with E-state index in [4.69, 9.17) is 22.1 Å². The third-order valence-electron chi connectivity index (χ3n) is 3.15. The fourth-order valence-corrected chi connectivity index (χ4v) is 2.62. The number of methoxy groups -OCH3 is 1. The monoisotopic (exact) mass is 339 g/mol. The van der Waals surface area contributed by atoms with Gasteiger partial charge in [-0.05, 0) is 42.8 Å². The van der Waals surface area contributed by atoms with Crippen LogP contribution in [0.15, 0.2) is 46.9 Å². The number of halogens is 2. The van der Waals surface area contributed by atoms with E-state index < -0.39 is 5.54 Å². The zero-order valence-electron chi connectivity index (χ0n) is 10.8. The zero-order chi connectivity index (χ0) is 14.0. The summed E-state index contributed by atoms with van der Waals surface area (Å²) in [6.07, 6.45) is 0. The minimum atomic E-state index is -0.681. The summed E-state index contributed by atoms with van der Waals surface area (Å²) in [5.74, 6) is 0.731. The van der Waals surface area contributed by atoms with E-state index >= 15 is 0 Å². The summed E-state index contributed by atoms with van der Waals surface area (Å²) in [7, 11) is 1.63. The molecule has 2 rings (SSSR count). The second-order valence-corrected chi connectivity index (χ2v) is 5.91. The molecule has 2 aromatic rings. The fourth-order valence-electron chi connectivity index (χ4n) is 2.05. The molecule has 2 N–H and O–H groups in total. The molecule has 0 radical (unpaired) electrons. The molecule has 4 heteroatoms. The molecule has 0 bridgehead atoms. The molecule has 0 aliphatic heterocycles. The van der Waals surface area contributed by atoms with Crippen molar-refractivity contribution in [2.24, 2.45) is 5.73 Å². The van der Waals surface area contributed by atoms with Crippen LogP contribution >= 0.6 is 27.5 Å². The van der Waals surface area contributed by atoms with Gasteiger partial charge in [0.2, 0.25) is 0 Å². The SMILES string of the molecule is COc1ccc(Cl)cc1C(C)(N)c1cccc(Br)c1. The number of ether oxygens (including phenoxy) is 1. The van der Waals surface area contributed by atoms with Gasteiger partial charge in [0, 0.05) is 15.1 Å². The van der Waals surface area contributed by atoms with Gasteiger partial charge in [-0.15, -0.1) is 0 Å². The normalized spacial score (nSPS) is 13.9. The lowest BCUT2D eigenvalue weighted by Gasteiger charge is -2.28. The molecule has 1 unspecified atom stereocenters. The molecular weight excluding hydrogens is 326 g/mol. The minimum Gasteiger partial charge on any atom is -0.496 e. The number of nitrogens with two attached hydrogens (primary N) is 1. The molecule has 19 heavy (non-hydrogen) atoms. The predicted octanol–water partition coefficient (Wildman–Crippen LogP) is 4.33. The number of hydrogen-bond acceptors (Lipinski definition) is 2. The van der Waals surface area contributed by atoms with E-state index in [0.29, 0.717) is 5.02 Å². The van der Waals surface area contributed by atoms with Gasteiger partial charge in [0.05, 0.1) is 12.6 Å². The first-order chi connectivity index (χ1) is 8.95. The summed E-state index contributed by atoms with van der Waals surface area (Å²) in [6, 6.07) is 13.4. The Morgan fingerprint density at radius 1 is 1.21 bits per heavy atom. The Hall–Kier alpha value is -1.03. The Kier molecular flexibility index (Phi) is 4.19. The van der Waals surface area contributed by atoms with Crippen LogP contribution in [-0.4, -0.2) is 7.11 Å². The smallest absolute Gasteiger partial charge is 0.124 e. The van der Waals surface area contributed by atoms with Crippen molar-refractivity contribution in [1.29, 1.82) is 0 Å². The third kappa shape index (κ3) is 2.94. The van der Waals surface area contributed by atoms with Gasteiger partial charge in [-0.2, -0.15) is 0 Å². The van der Waals surface area contributed by atoms with Gasteiger partial charge in [-0.1, -0.05) is 39.7 Å². The van der Waals surface area contributed by atoms with Gasteiger partial charge in [0.15, 0.2) is 0 Å². The van der Waals surface area contributed by atoms with E-state index in [-0.39, 0.29) is 0 Å². The second-order valence-electron chi connectivity index (χ2n) is 4.56. The van der Waals surface area contributed by atoms with Gasteiger partial charge in [-0.3, -0.25) is 0 Å². The summed E-state index contributed by atoms with van der Waals surface area (Å²) in [5.41, 5.74) is 7.68. The average Bonchev–Trinajstić information content (AvgIpc) is 2.38. The van der Waals surface area contributed by atoms with Crippen LogP contribution < -0.4 is 10.5 Å². The van der Waals surface area contributed by atoms with Crippen molar-refractivity contribution in [3.63, 3.8) is 0 Å². The quantitative estimate of drug-likeness (QED) is 0.902. The number of benzene rings is 2. The molecule has 0 saturated carbocycles. The largest absolute Gasteiger partial charge is 0.496 e. The standard InChI is InChI=1S/C15H15BrClNO/c1-15(18,10-4-3-5-11(16)8-10)13-9-12(17)6-7-14(13)19-2/h3-9H,18H2,1-2H3. The molecule has 0 aliphatic carbocycles. The molecule has 100 valence electrons. The summed E-state index contributed by atoms with van der Waals surface area (Å²) in [6.45, 7) is 1.95. The van der Waals surface area contributed by atoms with Gasteiger partial charge < -0.3 is 10.5 Å². The van der Waals surface area contributed by atoms with Crippen LogP contribution in [0.1, 0.15) is 18.1 Å². The van der Waals surface area contributed by atoms with Crippen molar-refractivity contribution in [1.82, 2.24) is 0 Å². The van der Waals surface area contributed by atoms with Gasteiger partial charge >= 0.3 is 0 Å². The highest BCUT2D eigenvalue weighted by molar-refractivity contribution is 9.10. The third-order valence-corrected chi connectivity index (χ3v) is 3.87. The maximum atomic E-state index is 6.51. The minimum absolute atomic E-state index is 0.641. The fraction of sp³-hybridized carbons (Fsp3) is 0.200. The lowest BCUT2D eigenvalue weighted by atomic mass is 9.85. The lowest BCUT2D eigenvalue weighted by molar-refractivity contribution is 0.399. The first-order valence-corrected chi connectivity index (χ1v) is 7.01. The van der Waals surface area contributed by atoms with E-state index in [1.807, 2.05) is 43.3 Å². The van der Waals surface area contributed by atoms with Gasteiger partial charge in [0.25, 0.3) is 0 Å². The summed E-state index contributed by atoms with van der Waals surface area (Å²) >= 11 is 9.54. The molecule has 0 amide bonds. The molecule has 0 aliphatic rings. The average molecular weight is 341 g/mol. The van der Waals surface area contributed by atoms with E-state index in [1.54, 1.807) is 13.2 Å². The van der Waals surface area contributed by atoms with E-state index in [0.717, 1.165) is 21.3 Å². The maximum absolute atomic E-state index is 6.51. The van der Waals surface area contributed by atoms with Crippen molar-refractivity contribution >= 4 is 27.5 Å². The summed E-state index contributed by atoms with van der Waals surface area (Å²) in [4.78, 5) is 0. The Balaban J connectivity index is 2.58. The highest BCUT2D eigenvalue weighted by Crippen LogP contribution is 2.35. The van der Waals surface area contributed by atoms with Crippen molar-refractivity contribution < 1.29 is 4.74 Å². The van der Waals surface area contributed by atoms with Crippen LogP contribution in [-0.2, 0) is 5.54 Å². The Bertz CT molecular complexity index is 598. The van der Waals surface area contributed by atoms with Crippen LogP contribution in [0, 0.1) is 0 Å². The highest BCUT2D eigenvalue weighted by Gasteiger charge is 2.27. The van der Waals surface area contributed by atoms with Crippen molar-refractivity contribution in [2.45, 2.75) is 12.5 Å². The molecule has 0 aromatic heterocycles. The number of hydrogen-bond donors (Lipinski definition) is 1. The van der Waals surface area contributed by atoms with E-state index in [1.165, 1.54) is 0 Å². The molecule has 0 saturated heterocycles. The maximum Gasteiger partial charge on any atom is 0.124 e. The van der Waals surface area contributed by atoms with Crippen molar-refractivity contribution in [3.05, 3.63) is 63.1 Å². The topological polar surface area (TPSA) is 35.2 Å². The molecule has 2 nitrogen and oxygen atoms in total. The summed E-state index contributed by atoms with van der Waals surface area (Å²) in [5, 5.41) is 0.641. The first-order valence-electron chi connectivity index (χ1n) is 5.84. The molecule has 0 spiro atoms. The van der Waals surface area contributed by atoms with Crippen molar-refractivity contribution in [2.75, 3.05) is 7.11 Å². The van der Waals surface area contributed by atoms with Crippen LogP contribution in [0.25, 0.3) is 0 Å². The predicted molar refractivity (Wildman–Crippen MR) is 82.8 cm³/mol. The van der Waals surface area contributed by atoms with Crippen LogP contribution in [0.5, 0.6) is 5.75 Å². The molecule has 0 fully saturated rings. The molecule has 1 atom stereocenters. The number of rotatable bonds is 3. The lowest BCUT2D eigenvalue weighted by Crippen LogP contribution is -2.34. The van der Waals surface area contributed by atoms with Gasteiger partial charge in [-0.25, -0.2) is 0 Å². The Labute approximate surface area is 126 Å². The highest BCUT2D eigenvalue weighted by atomic mass is 79.9. The Morgan fingerprint density at radius 3 is 2.58 bits per heavy atom.